The van der Waals surface area contributed by atoms with Crippen molar-refractivity contribution in [1.82, 2.24) is 0 Å². The third kappa shape index (κ3) is 2.92. The van der Waals surface area contributed by atoms with Crippen molar-refractivity contribution in [1.29, 1.82) is 0 Å². The molecule has 1 aromatic carbocycles. The zero-order chi connectivity index (χ0) is 11.5. The van der Waals surface area contributed by atoms with Crippen LogP contribution >= 0.6 is 15.9 Å². The first kappa shape index (κ1) is 11.8. The van der Waals surface area contributed by atoms with Gasteiger partial charge in [-0.05, 0) is 59.3 Å². The Balaban J connectivity index is 2.13. The zero-order valence-electron chi connectivity index (χ0n) is 9.05. The van der Waals surface area contributed by atoms with Gasteiger partial charge in [0.1, 0.15) is 5.82 Å². The number of allylic oxidation sites excluding steroid dienone is 1. The van der Waals surface area contributed by atoms with Crippen LogP contribution in [0.4, 0.5) is 4.39 Å². The average molecular weight is 284 g/mol. The molecule has 16 heavy (non-hydrogen) atoms. The Hall–Kier alpha value is -0.670. The van der Waals surface area contributed by atoms with Gasteiger partial charge >= 0.3 is 0 Å². The summed E-state index contributed by atoms with van der Waals surface area (Å²) in [6.07, 6.45) is 6.41. The molecule has 0 atom stereocenters. The van der Waals surface area contributed by atoms with Gasteiger partial charge in [0.05, 0.1) is 4.47 Å². The molecule has 0 radical (unpaired) electrons. The Morgan fingerprint density at radius 2 is 2.00 bits per heavy atom. The van der Waals surface area contributed by atoms with Crippen molar-refractivity contribution in [2.45, 2.75) is 31.7 Å². The van der Waals surface area contributed by atoms with Crippen LogP contribution < -0.4 is 5.73 Å². The predicted molar refractivity (Wildman–Crippen MR) is 68.5 cm³/mol. The van der Waals surface area contributed by atoms with Gasteiger partial charge in [-0.2, -0.15) is 0 Å². The maximum absolute atomic E-state index is 13.0. The lowest BCUT2D eigenvalue weighted by molar-refractivity contribution is 0.514. The van der Waals surface area contributed by atoms with Crippen molar-refractivity contribution in [2.75, 3.05) is 0 Å². The topological polar surface area (TPSA) is 26.0 Å². The SMILES string of the molecule is NC1CCC(=Cc2ccc(F)c(Br)c2)CC1. The lowest BCUT2D eigenvalue weighted by Gasteiger charge is -2.20. The van der Waals surface area contributed by atoms with Gasteiger partial charge < -0.3 is 5.73 Å². The molecule has 3 heteroatoms. The van der Waals surface area contributed by atoms with Crippen LogP contribution in [0, 0.1) is 5.82 Å². The van der Waals surface area contributed by atoms with Crippen molar-refractivity contribution in [2.24, 2.45) is 5.73 Å². The molecule has 0 saturated heterocycles. The molecule has 0 heterocycles. The summed E-state index contributed by atoms with van der Waals surface area (Å²) in [5, 5.41) is 0. The first-order valence-electron chi connectivity index (χ1n) is 5.55. The molecule has 0 spiro atoms. The highest BCUT2D eigenvalue weighted by atomic mass is 79.9. The molecule has 1 aliphatic carbocycles. The summed E-state index contributed by atoms with van der Waals surface area (Å²) in [6, 6.07) is 5.47. The second kappa shape index (κ2) is 5.11. The van der Waals surface area contributed by atoms with Crippen molar-refractivity contribution in [3.05, 3.63) is 39.6 Å². The molecule has 0 bridgehead atoms. The third-order valence-electron chi connectivity index (χ3n) is 2.99. The second-order valence-electron chi connectivity index (χ2n) is 4.31. The van der Waals surface area contributed by atoms with E-state index >= 15 is 0 Å². The number of benzene rings is 1. The maximum Gasteiger partial charge on any atom is 0.137 e. The van der Waals surface area contributed by atoms with E-state index in [1.165, 1.54) is 11.6 Å². The second-order valence-corrected chi connectivity index (χ2v) is 5.17. The Bertz CT molecular complexity index is 404. The highest BCUT2D eigenvalue weighted by Gasteiger charge is 2.12. The van der Waals surface area contributed by atoms with E-state index in [9.17, 15) is 4.39 Å². The molecule has 2 rings (SSSR count). The van der Waals surface area contributed by atoms with Gasteiger partial charge in [-0.15, -0.1) is 0 Å². The van der Waals surface area contributed by atoms with Crippen LogP contribution in [-0.2, 0) is 0 Å². The molecule has 1 nitrogen and oxygen atoms in total. The lowest BCUT2D eigenvalue weighted by atomic mass is 9.90. The van der Waals surface area contributed by atoms with E-state index in [0.29, 0.717) is 10.5 Å². The monoisotopic (exact) mass is 283 g/mol. The summed E-state index contributed by atoms with van der Waals surface area (Å²) >= 11 is 3.20. The Morgan fingerprint density at radius 1 is 1.31 bits per heavy atom. The van der Waals surface area contributed by atoms with Crippen LogP contribution in [0.15, 0.2) is 28.2 Å². The van der Waals surface area contributed by atoms with E-state index in [1.54, 1.807) is 0 Å². The van der Waals surface area contributed by atoms with E-state index in [2.05, 4.69) is 22.0 Å². The van der Waals surface area contributed by atoms with Crippen LogP contribution in [-0.4, -0.2) is 6.04 Å². The largest absolute Gasteiger partial charge is 0.328 e. The quantitative estimate of drug-likeness (QED) is 0.832. The lowest BCUT2D eigenvalue weighted by Crippen LogP contribution is -2.23. The van der Waals surface area contributed by atoms with E-state index in [4.69, 9.17) is 5.73 Å². The maximum atomic E-state index is 13.0. The molecule has 0 unspecified atom stereocenters. The standard InChI is InChI=1S/C13H15BrFN/c14-12-8-10(3-6-13(12)15)7-9-1-4-11(16)5-2-9/h3,6-8,11H,1-2,4-5,16H2. The first-order chi connectivity index (χ1) is 7.65. The summed E-state index contributed by atoms with van der Waals surface area (Å²) < 4.78 is 13.6. The van der Waals surface area contributed by atoms with Gasteiger partial charge in [-0.25, -0.2) is 4.39 Å². The van der Waals surface area contributed by atoms with Crippen LogP contribution in [0.5, 0.6) is 0 Å². The summed E-state index contributed by atoms with van der Waals surface area (Å²) in [5.74, 6) is -0.215. The minimum Gasteiger partial charge on any atom is -0.328 e. The van der Waals surface area contributed by atoms with Crippen molar-refractivity contribution in [3.8, 4) is 0 Å². The van der Waals surface area contributed by atoms with E-state index in [-0.39, 0.29) is 5.82 Å². The summed E-state index contributed by atoms with van der Waals surface area (Å²) in [5.41, 5.74) is 8.32. The Morgan fingerprint density at radius 3 is 2.62 bits per heavy atom. The van der Waals surface area contributed by atoms with Gasteiger partial charge in [0.25, 0.3) is 0 Å². The van der Waals surface area contributed by atoms with Crippen LogP contribution in [0.25, 0.3) is 6.08 Å². The normalized spacial score (nSPS) is 20.9. The molecule has 1 fully saturated rings. The number of rotatable bonds is 1. The molecule has 0 aromatic heterocycles. The third-order valence-corrected chi connectivity index (χ3v) is 3.59. The van der Waals surface area contributed by atoms with Gasteiger partial charge in [0.15, 0.2) is 0 Å². The smallest absolute Gasteiger partial charge is 0.137 e. The fourth-order valence-electron chi connectivity index (χ4n) is 1.99. The van der Waals surface area contributed by atoms with Gasteiger partial charge in [-0.1, -0.05) is 17.7 Å². The highest BCUT2D eigenvalue weighted by Crippen LogP contribution is 2.26. The molecule has 1 aliphatic rings. The van der Waals surface area contributed by atoms with E-state index < -0.39 is 0 Å². The van der Waals surface area contributed by atoms with Crippen LogP contribution in [0.1, 0.15) is 31.2 Å². The van der Waals surface area contributed by atoms with Gasteiger partial charge in [0, 0.05) is 6.04 Å². The molecule has 0 aliphatic heterocycles. The fraction of sp³-hybridized carbons (Fsp3) is 0.385. The minimum absolute atomic E-state index is 0.215. The Kier molecular flexibility index (Phi) is 3.77. The fourth-order valence-corrected chi connectivity index (χ4v) is 2.39. The minimum atomic E-state index is -0.215. The van der Waals surface area contributed by atoms with Gasteiger partial charge in [-0.3, -0.25) is 0 Å². The van der Waals surface area contributed by atoms with E-state index in [1.807, 2.05) is 12.1 Å². The van der Waals surface area contributed by atoms with E-state index in [0.717, 1.165) is 31.2 Å². The molecular formula is C13H15BrFN. The average Bonchev–Trinajstić information content (AvgIpc) is 2.27. The number of nitrogens with two attached hydrogens (primary N) is 1. The Labute approximate surface area is 104 Å². The van der Waals surface area contributed by atoms with Crippen molar-refractivity contribution >= 4 is 22.0 Å². The molecule has 1 aromatic rings. The molecule has 1 saturated carbocycles. The summed E-state index contributed by atoms with van der Waals surface area (Å²) in [7, 11) is 0. The number of halogens is 2. The molecule has 86 valence electrons. The summed E-state index contributed by atoms with van der Waals surface area (Å²) in [6.45, 7) is 0. The number of hydrogen-bond acceptors (Lipinski definition) is 1. The van der Waals surface area contributed by atoms with Crippen LogP contribution in [0.2, 0.25) is 0 Å². The molecule has 0 amide bonds. The molecule has 2 N–H and O–H groups in total. The molecular weight excluding hydrogens is 269 g/mol. The highest BCUT2D eigenvalue weighted by molar-refractivity contribution is 9.10. The summed E-state index contributed by atoms with van der Waals surface area (Å²) in [4.78, 5) is 0. The first-order valence-corrected chi connectivity index (χ1v) is 6.34. The zero-order valence-corrected chi connectivity index (χ0v) is 10.6. The van der Waals surface area contributed by atoms with Gasteiger partial charge in [0.2, 0.25) is 0 Å². The predicted octanol–water partition coefficient (Wildman–Crippen LogP) is 3.87. The van der Waals surface area contributed by atoms with Crippen molar-refractivity contribution in [3.63, 3.8) is 0 Å². The van der Waals surface area contributed by atoms with Crippen LogP contribution in [0.3, 0.4) is 0 Å². The van der Waals surface area contributed by atoms with Crippen molar-refractivity contribution < 1.29 is 4.39 Å². The number of hydrogen-bond donors (Lipinski definition) is 1.